The van der Waals surface area contributed by atoms with Gasteiger partial charge in [0.05, 0.1) is 23.2 Å². The number of anilines is 2. The van der Waals surface area contributed by atoms with E-state index in [0.29, 0.717) is 11.8 Å². The Labute approximate surface area is 234 Å². The van der Waals surface area contributed by atoms with Crippen molar-refractivity contribution in [2.45, 2.75) is 43.7 Å². The van der Waals surface area contributed by atoms with Crippen LogP contribution in [0.5, 0.6) is 0 Å². The summed E-state index contributed by atoms with van der Waals surface area (Å²) in [5.74, 6) is -1.04. The number of rotatable bonds is 8. The molecule has 11 heteroatoms. The topological polar surface area (TPSA) is 77.8 Å². The molecular weight excluding hydrogens is 547 g/mol. The van der Waals surface area contributed by atoms with Gasteiger partial charge in [-0.3, -0.25) is 9.78 Å². The van der Waals surface area contributed by atoms with E-state index in [9.17, 15) is 26.7 Å². The fourth-order valence-corrected chi connectivity index (χ4v) is 4.12. The molecule has 40 heavy (non-hydrogen) atoms. The van der Waals surface area contributed by atoms with Crippen LogP contribution in [0.25, 0.3) is 0 Å². The summed E-state index contributed by atoms with van der Waals surface area (Å²) >= 11 is 1.64. The van der Waals surface area contributed by atoms with Crippen LogP contribution in [-0.4, -0.2) is 23.7 Å². The van der Waals surface area contributed by atoms with Gasteiger partial charge >= 0.3 is 6.18 Å². The predicted octanol–water partition coefficient (Wildman–Crippen LogP) is 7.74. The second kappa shape index (κ2) is 13.9. The summed E-state index contributed by atoms with van der Waals surface area (Å²) in [6, 6.07) is 10.9. The van der Waals surface area contributed by atoms with Crippen LogP contribution in [-0.2, 0) is 22.8 Å². The summed E-state index contributed by atoms with van der Waals surface area (Å²) in [7, 11) is 1.50. The van der Waals surface area contributed by atoms with Gasteiger partial charge in [-0.15, -0.1) is 18.3 Å². The van der Waals surface area contributed by atoms with E-state index in [-0.39, 0.29) is 28.9 Å². The summed E-state index contributed by atoms with van der Waals surface area (Å²) in [4.78, 5) is 17.5. The van der Waals surface area contributed by atoms with Crippen LogP contribution in [0.2, 0.25) is 0 Å². The number of carbonyl (C=O) groups is 1. The zero-order chi connectivity index (χ0) is 30.1. The summed E-state index contributed by atoms with van der Waals surface area (Å²) < 4.78 is 66.0. The fraction of sp³-hybridized carbons (Fsp3) is 0.276. The Morgan fingerprint density at radius 1 is 1.10 bits per heavy atom. The molecule has 5 nitrogen and oxygen atoms in total. The van der Waals surface area contributed by atoms with Crippen molar-refractivity contribution in [3.8, 4) is 6.07 Å². The van der Waals surface area contributed by atoms with Gasteiger partial charge in [-0.1, -0.05) is 32.9 Å². The highest BCUT2D eigenvalue weighted by Gasteiger charge is 2.37. The highest BCUT2D eigenvalue weighted by molar-refractivity contribution is 7.99. The molecule has 0 spiro atoms. The van der Waals surface area contributed by atoms with Gasteiger partial charge in [-0.05, 0) is 41.6 Å². The first-order chi connectivity index (χ1) is 18.7. The zero-order valence-electron chi connectivity index (χ0n) is 22.4. The zero-order valence-corrected chi connectivity index (χ0v) is 23.2. The van der Waals surface area contributed by atoms with Crippen LogP contribution in [0.3, 0.4) is 0 Å². The number of amides is 1. The Morgan fingerprint density at radius 3 is 2.33 bits per heavy atom. The van der Waals surface area contributed by atoms with Gasteiger partial charge in [-0.25, -0.2) is 8.78 Å². The second-order valence-electron chi connectivity index (χ2n) is 9.00. The van der Waals surface area contributed by atoms with Crippen molar-refractivity contribution in [3.63, 3.8) is 0 Å². The molecule has 2 N–H and O–H groups in total. The molecule has 212 valence electrons. The molecule has 0 fully saturated rings. The molecule has 2 aromatic carbocycles. The number of hydrogen-bond donors (Lipinski definition) is 2. The number of thioether (sulfide) groups is 1. The molecule has 0 radical (unpaired) electrons. The summed E-state index contributed by atoms with van der Waals surface area (Å²) in [5, 5.41) is 13.4. The van der Waals surface area contributed by atoms with Gasteiger partial charge in [-0.2, -0.15) is 18.4 Å². The van der Waals surface area contributed by atoms with Crippen LogP contribution in [0.15, 0.2) is 66.2 Å². The third kappa shape index (κ3) is 8.81. The lowest BCUT2D eigenvalue weighted by molar-refractivity contribution is -0.138. The number of aromatic nitrogens is 1. The quantitative estimate of drug-likeness (QED) is 0.163. The summed E-state index contributed by atoms with van der Waals surface area (Å²) in [6.45, 7) is 8.98. The Morgan fingerprint density at radius 2 is 1.80 bits per heavy atom. The molecule has 1 heterocycles. The van der Waals surface area contributed by atoms with E-state index >= 15 is 0 Å². The van der Waals surface area contributed by atoms with E-state index in [2.05, 4.69) is 22.2 Å². The van der Waals surface area contributed by atoms with Crippen molar-refractivity contribution in [1.29, 1.82) is 5.26 Å². The van der Waals surface area contributed by atoms with E-state index in [0.717, 1.165) is 22.8 Å². The number of alkyl halides is 3. The molecular formula is C29H29F5N4OS. The maximum absolute atomic E-state index is 13.5. The normalized spacial score (nSPS) is 11.1. The SMILES string of the molecule is C=CC(C)(C)c1ccc(NC(=O)Cc2ccc(SCC)cn2)cc1C(F)(F)F.CNc1cc(C#N)c(F)cc1F. The number of pyridine rings is 1. The molecule has 0 atom stereocenters. The van der Waals surface area contributed by atoms with Crippen LogP contribution in [0, 0.1) is 23.0 Å². The van der Waals surface area contributed by atoms with E-state index in [1.807, 2.05) is 13.0 Å². The minimum atomic E-state index is -4.54. The van der Waals surface area contributed by atoms with Crippen molar-refractivity contribution in [2.24, 2.45) is 0 Å². The Kier molecular flexibility index (Phi) is 11.3. The molecule has 1 amide bonds. The molecule has 0 saturated carbocycles. The Bertz CT molecular complexity index is 1380. The molecule has 3 aromatic rings. The average Bonchev–Trinajstić information content (AvgIpc) is 2.90. The lowest BCUT2D eigenvalue weighted by atomic mass is 9.81. The summed E-state index contributed by atoms with van der Waals surface area (Å²) in [5.41, 5.74) is -0.922. The van der Waals surface area contributed by atoms with Crippen molar-refractivity contribution in [2.75, 3.05) is 23.4 Å². The minimum absolute atomic E-state index is 0.0156. The van der Waals surface area contributed by atoms with Gasteiger partial charge < -0.3 is 10.6 Å². The van der Waals surface area contributed by atoms with Crippen molar-refractivity contribution >= 4 is 29.0 Å². The van der Waals surface area contributed by atoms with Crippen LogP contribution < -0.4 is 10.6 Å². The van der Waals surface area contributed by atoms with E-state index in [1.165, 1.54) is 25.3 Å². The number of carbonyl (C=O) groups excluding carboxylic acids is 1. The molecule has 0 aliphatic carbocycles. The van der Waals surface area contributed by atoms with Crippen molar-refractivity contribution in [3.05, 3.63) is 95.3 Å². The monoisotopic (exact) mass is 576 g/mol. The number of hydrogen-bond acceptors (Lipinski definition) is 5. The lowest BCUT2D eigenvalue weighted by Crippen LogP contribution is -2.21. The number of allylic oxidation sites excluding steroid dienone is 1. The molecule has 1 aromatic heterocycles. The maximum Gasteiger partial charge on any atom is 0.416 e. The lowest BCUT2D eigenvalue weighted by Gasteiger charge is -2.25. The van der Waals surface area contributed by atoms with Crippen molar-refractivity contribution in [1.82, 2.24) is 4.98 Å². The molecule has 0 saturated heterocycles. The highest BCUT2D eigenvalue weighted by Crippen LogP contribution is 2.39. The average molecular weight is 577 g/mol. The number of nitrogens with one attached hydrogen (secondary N) is 2. The van der Waals surface area contributed by atoms with Gasteiger partial charge in [0.1, 0.15) is 17.7 Å². The Hall–Kier alpha value is -3.91. The summed E-state index contributed by atoms with van der Waals surface area (Å²) in [6.07, 6.45) is -1.39. The van der Waals surface area contributed by atoms with Gasteiger partial charge in [0.25, 0.3) is 0 Å². The Balaban J connectivity index is 0.000000389. The first kappa shape index (κ1) is 32.3. The second-order valence-corrected chi connectivity index (χ2v) is 10.3. The molecule has 0 aliphatic rings. The fourth-order valence-electron chi connectivity index (χ4n) is 3.49. The van der Waals surface area contributed by atoms with E-state index < -0.39 is 34.7 Å². The minimum Gasteiger partial charge on any atom is -0.386 e. The number of nitriles is 1. The number of benzene rings is 2. The van der Waals surface area contributed by atoms with Gasteiger partial charge in [0.15, 0.2) is 0 Å². The standard InChI is InChI=1S/C21H23F3N2OS.C8H6F2N2/c1-5-20(3,4)17-10-8-15(11-18(17)21(22,23)24)26-19(27)12-14-7-9-16(13-25-14)28-6-2;1-12-8-2-5(4-11)6(9)3-7(8)10/h5,7-11,13H,1,6,12H2,2-4H3,(H,26,27);2-3,12H,1H3. The largest absolute Gasteiger partial charge is 0.416 e. The first-order valence-electron chi connectivity index (χ1n) is 12.1. The highest BCUT2D eigenvalue weighted by atomic mass is 32.2. The first-order valence-corrected chi connectivity index (χ1v) is 13.0. The maximum atomic E-state index is 13.5. The molecule has 0 unspecified atom stereocenters. The van der Waals surface area contributed by atoms with E-state index in [1.54, 1.807) is 43.9 Å². The third-order valence-corrected chi connectivity index (χ3v) is 6.57. The number of halogens is 5. The van der Waals surface area contributed by atoms with E-state index in [4.69, 9.17) is 5.26 Å². The molecule has 3 rings (SSSR count). The molecule has 0 aliphatic heterocycles. The van der Waals surface area contributed by atoms with Gasteiger partial charge in [0, 0.05) is 41.0 Å². The predicted molar refractivity (Wildman–Crippen MR) is 148 cm³/mol. The van der Waals surface area contributed by atoms with Crippen LogP contribution >= 0.6 is 11.8 Å². The van der Waals surface area contributed by atoms with Crippen LogP contribution in [0.1, 0.15) is 43.2 Å². The smallest absolute Gasteiger partial charge is 0.386 e. The third-order valence-electron chi connectivity index (χ3n) is 5.71. The number of nitrogens with zero attached hydrogens (tertiary/aromatic N) is 2. The molecule has 0 bridgehead atoms. The van der Waals surface area contributed by atoms with Crippen LogP contribution in [0.4, 0.5) is 33.3 Å². The van der Waals surface area contributed by atoms with Gasteiger partial charge in [0.2, 0.25) is 5.91 Å². The van der Waals surface area contributed by atoms with Crippen molar-refractivity contribution < 1.29 is 26.7 Å².